The highest BCUT2D eigenvalue weighted by Gasteiger charge is 2.34. The van der Waals surface area contributed by atoms with E-state index in [1.807, 2.05) is 37.3 Å². The van der Waals surface area contributed by atoms with Gasteiger partial charge in [0.05, 0.1) is 0 Å². The Kier molecular flexibility index (Phi) is 6.44. The van der Waals surface area contributed by atoms with Gasteiger partial charge in [0.1, 0.15) is 0 Å². The molecule has 1 aliphatic rings. The predicted molar refractivity (Wildman–Crippen MR) is 127 cm³/mol. The maximum absolute atomic E-state index is 13.1. The van der Waals surface area contributed by atoms with Crippen LogP contribution in [0.15, 0.2) is 78.9 Å². The monoisotopic (exact) mass is 434 g/mol. The Balaban J connectivity index is 1.59. The molecule has 3 aromatic rings. The molecule has 0 bridgehead atoms. The molecule has 5 heteroatoms. The van der Waals surface area contributed by atoms with Crippen molar-refractivity contribution in [1.29, 1.82) is 0 Å². The fourth-order valence-electron chi connectivity index (χ4n) is 4.47. The molecule has 0 radical (unpaired) electrons. The van der Waals surface area contributed by atoms with Crippen molar-refractivity contribution in [3.05, 3.63) is 101 Å². The molecule has 1 heterocycles. The minimum absolute atomic E-state index is 0.166. The van der Waals surface area contributed by atoms with Crippen molar-refractivity contribution < 1.29 is 8.42 Å². The quantitative estimate of drug-likeness (QED) is 0.557. The van der Waals surface area contributed by atoms with Gasteiger partial charge in [-0.25, -0.2) is 0 Å². The molecule has 0 amide bonds. The Morgan fingerprint density at radius 1 is 0.839 bits per heavy atom. The summed E-state index contributed by atoms with van der Waals surface area (Å²) in [7, 11) is -3.60. The third-order valence-corrected chi connectivity index (χ3v) is 7.63. The molecule has 0 spiro atoms. The first-order valence-corrected chi connectivity index (χ1v) is 12.3. The SMILES string of the molecule is Cc1ccc(NS(=O)(=O)N2CCCC(C(c3ccccc3)c3ccc(C)cc3)C2)cc1. The number of benzene rings is 3. The number of rotatable bonds is 6. The van der Waals surface area contributed by atoms with Gasteiger partial charge in [-0.15, -0.1) is 0 Å². The summed E-state index contributed by atoms with van der Waals surface area (Å²) in [4.78, 5) is 0. The highest BCUT2D eigenvalue weighted by molar-refractivity contribution is 7.90. The predicted octanol–water partition coefficient (Wildman–Crippen LogP) is 5.50. The summed E-state index contributed by atoms with van der Waals surface area (Å²) in [6, 6.07) is 26.6. The van der Waals surface area contributed by atoms with E-state index in [0.29, 0.717) is 18.8 Å². The average Bonchev–Trinajstić information content (AvgIpc) is 2.78. The molecule has 162 valence electrons. The third kappa shape index (κ3) is 5.17. The van der Waals surface area contributed by atoms with Gasteiger partial charge in [-0.2, -0.15) is 12.7 Å². The lowest BCUT2D eigenvalue weighted by Gasteiger charge is -2.37. The number of nitrogens with zero attached hydrogens (tertiary/aromatic N) is 1. The smallest absolute Gasteiger partial charge is 0.271 e. The number of hydrogen-bond donors (Lipinski definition) is 1. The van der Waals surface area contributed by atoms with Gasteiger partial charge in [0.2, 0.25) is 0 Å². The fourth-order valence-corrected chi connectivity index (χ4v) is 5.79. The molecule has 31 heavy (non-hydrogen) atoms. The molecule has 0 aromatic heterocycles. The Labute approximate surface area is 186 Å². The molecule has 3 aromatic carbocycles. The highest BCUT2D eigenvalue weighted by Crippen LogP contribution is 2.38. The van der Waals surface area contributed by atoms with E-state index < -0.39 is 10.2 Å². The normalized spacial score (nSPS) is 18.5. The number of piperidine rings is 1. The second-order valence-electron chi connectivity index (χ2n) is 8.53. The summed E-state index contributed by atoms with van der Waals surface area (Å²) < 4.78 is 30.7. The molecule has 0 aliphatic carbocycles. The van der Waals surface area contributed by atoms with Crippen LogP contribution in [0.25, 0.3) is 0 Å². The van der Waals surface area contributed by atoms with Crippen molar-refractivity contribution in [1.82, 2.24) is 4.31 Å². The number of anilines is 1. The zero-order valence-electron chi connectivity index (χ0n) is 18.2. The van der Waals surface area contributed by atoms with E-state index in [-0.39, 0.29) is 11.8 Å². The van der Waals surface area contributed by atoms with Crippen LogP contribution < -0.4 is 4.72 Å². The first-order chi connectivity index (χ1) is 14.9. The summed E-state index contributed by atoms with van der Waals surface area (Å²) in [5, 5.41) is 0. The minimum Gasteiger partial charge on any atom is -0.271 e. The lowest BCUT2D eigenvalue weighted by molar-refractivity contribution is 0.250. The van der Waals surface area contributed by atoms with E-state index >= 15 is 0 Å². The fraction of sp³-hybridized carbons (Fsp3) is 0.308. The largest absolute Gasteiger partial charge is 0.301 e. The lowest BCUT2D eigenvalue weighted by Crippen LogP contribution is -2.44. The van der Waals surface area contributed by atoms with E-state index in [1.165, 1.54) is 16.7 Å². The van der Waals surface area contributed by atoms with Crippen molar-refractivity contribution in [2.24, 2.45) is 5.92 Å². The van der Waals surface area contributed by atoms with Crippen LogP contribution in [0.3, 0.4) is 0 Å². The third-order valence-electron chi connectivity index (χ3n) is 6.13. The molecule has 0 saturated carbocycles. The van der Waals surface area contributed by atoms with E-state index in [0.717, 1.165) is 18.4 Å². The highest BCUT2D eigenvalue weighted by atomic mass is 32.2. The lowest BCUT2D eigenvalue weighted by atomic mass is 9.77. The van der Waals surface area contributed by atoms with Gasteiger partial charge < -0.3 is 0 Å². The summed E-state index contributed by atoms with van der Waals surface area (Å²) in [5.41, 5.74) is 5.41. The Bertz CT molecular complexity index is 1090. The standard InChI is InChI=1S/C26H30N2O2S/c1-20-10-14-23(15-11-20)26(22-7-4-3-5-8-22)24-9-6-18-28(19-24)31(29,30)27-25-16-12-21(2)13-17-25/h3-5,7-8,10-17,24,26-27H,6,9,18-19H2,1-2H3. The zero-order chi connectivity index (χ0) is 21.8. The second kappa shape index (κ2) is 9.25. The van der Waals surface area contributed by atoms with E-state index in [9.17, 15) is 8.42 Å². The minimum atomic E-state index is -3.60. The van der Waals surface area contributed by atoms with E-state index in [4.69, 9.17) is 0 Å². The van der Waals surface area contributed by atoms with Crippen LogP contribution in [0.5, 0.6) is 0 Å². The zero-order valence-corrected chi connectivity index (χ0v) is 19.0. The number of aryl methyl sites for hydroxylation is 2. The maximum Gasteiger partial charge on any atom is 0.301 e. The van der Waals surface area contributed by atoms with Gasteiger partial charge in [0.25, 0.3) is 0 Å². The van der Waals surface area contributed by atoms with Crippen molar-refractivity contribution in [2.45, 2.75) is 32.6 Å². The molecule has 1 fully saturated rings. The molecular formula is C26H30N2O2S. The van der Waals surface area contributed by atoms with Gasteiger partial charge in [0.15, 0.2) is 0 Å². The molecular weight excluding hydrogens is 404 g/mol. The van der Waals surface area contributed by atoms with E-state index in [1.54, 1.807) is 4.31 Å². The molecule has 2 unspecified atom stereocenters. The van der Waals surface area contributed by atoms with Crippen LogP contribution in [0.2, 0.25) is 0 Å². The Morgan fingerprint density at radius 2 is 1.42 bits per heavy atom. The number of nitrogens with one attached hydrogen (secondary N) is 1. The summed E-state index contributed by atoms with van der Waals surface area (Å²) in [6.45, 7) is 5.14. The Morgan fingerprint density at radius 3 is 2.06 bits per heavy atom. The van der Waals surface area contributed by atoms with Crippen LogP contribution in [0.4, 0.5) is 5.69 Å². The van der Waals surface area contributed by atoms with Gasteiger partial charge in [-0.3, -0.25) is 4.72 Å². The first kappa shape index (κ1) is 21.6. The van der Waals surface area contributed by atoms with Crippen molar-refractivity contribution in [2.75, 3.05) is 17.8 Å². The summed E-state index contributed by atoms with van der Waals surface area (Å²) >= 11 is 0. The van der Waals surface area contributed by atoms with Gasteiger partial charge in [-0.05, 0) is 55.9 Å². The van der Waals surface area contributed by atoms with Gasteiger partial charge in [0, 0.05) is 24.7 Å². The van der Waals surface area contributed by atoms with Crippen LogP contribution in [0.1, 0.15) is 41.0 Å². The van der Waals surface area contributed by atoms with Crippen molar-refractivity contribution >= 4 is 15.9 Å². The van der Waals surface area contributed by atoms with Gasteiger partial charge in [-0.1, -0.05) is 77.9 Å². The summed E-state index contributed by atoms with van der Waals surface area (Å²) in [5.74, 6) is 0.382. The average molecular weight is 435 g/mol. The summed E-state index contributed by atoms with van der Waals surface area (Å²) in [6.07, 6.45) is 1.86. The van der Waals surface area contributed by atoms with Crippen LogP contribution in [0, 0.1) is 19.8 Å². The molecule has 4 rings (SSSR count). The molecule has 1 saturated heterocycles. The Hall–Kier alpha value is -2.63. The van der Waals surface area contributed by atoms with Crippen molar-refractivity contribution in [3.63, 3.8) is 0 Å². The molecule has 1 N–H and O–H groups in total. The second-order valence-corrected chi connectivity index (χ2v) is 10.2. The van der Waals surface area contributed by atoms with Gasteiger partial charge >= 0.3 is 10.2 Å². The topological polar surface area (TPSA) is 49.4 Å². The van der Waals surface area contributed by atoms with Crippen LogP contribution in [-0.4, -0.2) is 25.8 Å². The molecule has 2 atom stereocenters. The van der Waals surface area contributed by atoms with E-state index in [2.05, 4.69) is 60.2 Å². The van der Waals surface area contributed by atoms with Crippen LogP contribution in [-0.2, 0) is 10.2 Å². The molecule has 1 aliphatic heterocycles. The van der Waals surface area contributed by atoms with Crippen LogP contribution >= 0.6 is 0 Å². The first-order valence-electron chi connectivity index (χ1n) is 10.9. The maximum atomic E-state index is 13.1. The molecule has 4 nitrogen and oxygen atoms in total. The number of hydrogen-bond acceptors (Lipinski definition) is 2. The van der Waals surface area contributed by atoms with Crippen molar-refractivity contribution in [3.8, 4) is 0 Å².